The summed E-state index contributed by atoms with van der Waals surface area (Å²) in [5.74, 6) is 3.31. The Morgan fingerprint density at radius 3 is 2.58 bits per heavy atom. The van der Waals surface area contributed by atoms with E-state index in [4.69, 9.17) is 25.5 Å². The molecule has 26 heavy (non-hydrogen) atoms. The molecule has 0 amide bonds. The summed E-state index contributed by atoms with van der Waals surface area (Å²) in [5, 5.41) is 2.94. The van der Waals surface area contributed by atoms with Crippen LogP contribution in [-0.4, -0.2) is 20.8 Å². The molecule has 0 unspecified atom stereocenters. The molecule has 1 heterocycles. The second-order valence-electron chi connectivity index (χ2n) is 6.00. The van der Waals surface area contributed by atoms with E-state index < -0.39 is 0 Å². The van der Waals surface area contributed by atoms with Gasteiger partial charge in [0.1, 0.15) is 12.3 Å². The molecule has 0 saturated carbocycles. The SMILES string of the molecule is COc1ccc(CC[NH2+]Cc2ccc(-c3cccc(Cl)c3)o2)cc1OC. The standard InChI is InChI=1S/C21H22ClNO3/c1-24-20-8-6-15(12-21(20)25-2)10-11-23-14-18-7-9-19(26-18)16-4-3-5-17(22)13-16/h3-9,12-13,23H,10-11,14H2,1-2H3/p+1. The van der Waals surface area contributed by atoms with Crippen LogP contribution in [-0.2, 0) is 13.0 Å². The van der Waals surface area contributed by atoms with E-state index in [1.165, 1.54) is 5.56 Å². The van der Waals surface area contributed by atoms with Crippen LogP contribution in [0.5, 0.6) is 11.5 Å². The fraction of sp³-hybridized carbons (Fsp3) is 0.238. The molecule has 0 bridgehead atoms. The van der Waals surface area contributed by atoms with E-state index in [1.807, 2.05) is 48.5 Å². The number of ether oxygens (including phenoxy) is 2. The van der Waals surface area contributed by atoms with Crippen molar-refractivity contribution in [1.29, 1.82) is 0 Å². The van der Waals surface area contributed by atoms with Gasteiger partial charge in [-0.15, -0.1) is 0 Å². The number of methoxy groups -OCH3 is 2. The molecule has 0 aliphatic rings. The van der Waals surface area contributed by atoms with Gasteiger partial charge in [-0.25, -0.2) is 0 Å². The van der Waals surface area contributed by atoms with Gasteiger partial charge >= 0.3 is 0 Å². The highest BCUT2D eigenvalue weighted by Crippen LogP contribution is 2.27. The zero-order valence-electron chi connectivity index (χ0n) is 15.0. The predicted octanol–water partition coefficient (Wildman–Crippen LogP) is 3.92. The van der Waals surface area contributed by atoms with Crippen molar-refractivity contribution in [3.05, 3.63) is 70.9 Å². The van der Waals surface area contributed by atoms with Crippen LogP contribution >= 0.6 is 11.6 Å². The van der Waals surface area contributed by atoms with Gasteiger partial charge in [0.15, 0.2) is 17.3 Å². The van der Waals surface area contributed by atoms with Crippen LogP contribution in [0.4, 0.5) is 0 Å². The van der Waals surface area contributed by atoms with Gasteiger partial charge in [-0.2, -0.15) is 0 Å². The maximum absolute atomic E-state index is 6.04. The molecule has 0 radical (unpaired) electrons. The minimum atomic E-state index is 0.710. The van der Waals surface area contributed by atoms with E-state index in [-0.39, 0.29) is 0 Å². The van der Waals surface area contributed by atoms with Gasteiger partial charge in [-0.3, -0.25) is 0 Å². The predicted molar refractivity (Wildman–Crippen MR) is 103 cm³/mol. The van der Waals surface area contributed by atoms with Crippen molar-refractivity contribution in [3.8, 4) is 22.8 Å². The second-order valence-corrected chi connectivity index (χ2v) is 6.43. The van der Waals surface area contributed by atoms with E-state index in [2.05, 4.69) is 11.4 Å². The first kappa shape index (κ1) is 18.4. The smallest absolute Gasteiger partial charge is 0.160 e. The molecule has 2 N–H and O–H groups in total. The molecule has 1 aromatic heterocycles. The molecular weight excluding hydrogens is 350 g/mol. The number of halogens is 1. The maximum atomic E-state index is 6.04. The van der Waals surface area contributed by atoms with Gasteiger partial charge in [-0.05, 0) is 42.0 Å². The summed E-state index contributed by atoms with van der Waals surface area (Å²) in [6.07, 6.45) is 0.947. The molecule has 0 aliphatic carbocycles. The molecule has 2 aromatic carbocycles. The van der Waals surface area contributed by atoms with Gasteiger partial charge in [0.25, 0.3) is 0 Å². The van der Waals surface area contributed by atoms with Crippen molar-refractivity contribution in [3.63, 3.8) is 0 Å². The van der Waals surface area contributed by atoms with Crippen LogP contribution in [0.15, 0.2) is 59.0 Å². The van der Waals surface area contributed by atoms with Crippen molar-refractivity contribution in [2.24, 2.45) is 0 Å². The highest BCUT2D eigenvalue weighted by molar-refractivity contribution is 6.30. The number of benzene rings is 2. The molecule has 0 spiro atoms. The van der Waals surface area contributed by atoms with Gasteiger partial charge in [-0.1, -0.05) is 29.8 Å². The van der Waals surface area contributed by atoms with Crippen molar-refractivity contribution in [1.82, 2.24) is 0 Å². The topological polar surface area (TPSA) is 48.2 Å². The van der Waals surface area contributed by atoms with Crippen molar-refractivity contribution in [2.45, 2.75) is 13.0 Å². The van der Waals surface area contributed by atoms with E-state index in [1.54, 1.807) is 14.2 Å². The lowest BCUT2D eigenvalue weighted by molar-refractivity contribution is -0.671. The van der Waals surface area contributed by atoms with Crippen molar-refractivity contribution >= 4 is 11.6 Å². The van der Waals surface area contributed by atoms with Crippen LogP contribution in [0.3, 0.4) is 0 Å². The zero-order valence-corrected chi connectivity index (χ0v) is 15.8. The first-order valence-electron chi connectivity index (χ1n) is 8.57. The summed E-state index contributed by atoms with van der Waals surface area (Å²) in [7, 11) is 3.30. The first-order valence-corrected chi connectivity index (χ1v) is 8.94. The molecule has 0 saturated heterocycles. The minimum Gasteiger partial charge on any atom is -0.493 e. The van der Waals surface area contributed by atoms with Crippen LogP contribution in [0, 0.1) is 0 Å². The maximum Gasteiger partial charge on any atom is 0.160 e. The number of nitrogens with two attached hydrogens (primary N) is 1. The second kappa shape index (κ2) is 8.79. The number of hydrogen-bond acceptors (Lipinski definition) is 3. The fourth-order valence-corrected chi connectivity index (χ4v) is 3.02. The summed E-state index contributed by atoms with van der Waals surface area (Å²) in [6.45, 7) is 1.76. The Morgan fingerprint density at radius 2 is 1.81 bits per heavy atom. The number of rotatable bonds is 8. The van der Waals surface area contributed by atoms with Gasteiger partial charge in [0, 0.05) is 17.0 Å². The molecule has 4 nitrogen and oxygen atoms in total. The molecule has 0 atom stereocenters. The normalized spacial score (nSPS) is 10.7. The van der Waals surface area contributed by atoms with E-state index >= 15 is 0 Å². The van der Waals surface area contributed by atoms with Gasteiger partial charge in [0.2, 0.25) is 0 Å². The number of furan rings is 1. The Bertz CT molecular complexity index is 860. The highest BCUT2D eigenvalue weighted by atomic mass is 35.5. The Morgan fingerprint density at radius 1 is 0.962 bits per heavy atom. The third-order valence-corrected chi connectivity index (χ3v) is 4.44. The summed E-state index contributed by atoms with van der Waals surface area (Å²) in [5.41, 5.74) is 2.21. The third-order valence-electron chi connectivity index (χ3n) is 4.20. The first-order chi connectivity index (χ1) is 12.7. The summed E-state index contributed by atoms with van der Waals surface area (Å²) in [4.78, 5) is 0. The lowest BCUT2D eigenvalue weighted by Gasteiger charge is -2.09. The average Bonchev–Trinajstić information content (AvgIpc) is 3.14. The lowest BCUT2D eigenvalue weighted by Crippen LogP contribution is -2.83. The van der Waals surface area contributed by atoms with Crippen LogP contribution in [0.25, 0.3) is 11.3 Å². The molecule has 0 aliphatic heterocycles. The van der Waals surface area contributed by atoms with Gasteiger partial charge < -0.3 is 19.2 Å². The Kier molecular flexibility index (Phi) is 6.21. The molecule has 5 heteroatoms. The summed E-state index contributed by atoms with van der Waals surface area (Å²) < 4.78 is 16.5. The number of hydrogen-bond donors (Lipinski definition) is 1. The summed E-state index contributed by atoms with van der Waals surface area (Å²) in [6, 6.07) is 17.7. The van der Waals surface area contributed by atoms with E-state index in [0.29, 0.717) is 5.02 Å². The van der Waals surface area contributed by atoms with E-state index in [9.17, 15) is 0 Å². The monoisotopic (exact) mass is 372 g/mol. The average molecular weight is 373 g/mol. The largest absolute Gasteiger partial charge is 0.493 e. The molecule has 0 fully saturated rings. The minimum absolute atomic E-state index is 0.710. The van der Waals surface area contributed by atoms with Gasteiger partial charge in [0.05, 0.1) is 20.8 Å². The Balaban J connectivity index is 1.51. The highest BCUT2D eigenvalue weighted by Gasteiger charge is 2.08. The quantitative estimate of drug-likeness (QED) is 0.609. The van der Waals surface area contributed by atoms with E-state index in [0.717, 1.165) is 48.1 Å². The molecular formula is C21H23ClNO3+. The molecule has 3 rings (SSSR count). The van der Waals surface area contributed by atoms with Crippen LogP contribution < -0.4 is 14.8 Å². The van der Waals surface area contributed by atoms with Crippen molar-refractivity contribution in [2.75, 3.05) is 20.8 Å². The van der Waals surface area contributed by atoms with Crippen molar-refractivity contribution < 1.29 is 19.2 Å². The summed E-state index contributed by atoms with van der Waals surface area (Å²) >= 11 is 6.04. The molecule has 3 aromatic rings. The Labute approximate surface area is 158 Å². The zero-order chi connectivity index (χ0) is 18.4. The van der Waals surface area contributed by atoms with Crippen LogP contribution in [0.1, 0.15) is 11.3 Å². The third kappa shape index (κ3) is 4.59. The Hall–Kier alpha value is -2.43. The fourth-order valence-electron chi connectivity index (χ4n) is 2.83. The lowest BCUT2D eigenvalue weighted by atomic mass is 10.1. The molecule has 136 valence electrons. The number of quaternary nitrogens is 1. The van der Waals surface area contributed by atoms with Crippen LogP contribution in [0.2, 0.25) is 5.02 Å².